The summed E-state index contributed by atoms with van der Waals surface area (Å²) in [6.45, 7) is 5.43. The van der Waals surface area contributed by atoms with E-state index in [2.05, 4.69) is 13.8 Å². The second kappa shape index (κ2) is 8.84. The molecule has 2 heterocycles. The fraction of sp³-hybridized carbons (Fsp3) is 0.360. The SMILES string of the molecule is COc1ccc(C2=C(N3CC(C)CC(C)C3)C(=O)N(c3ccc(F)c(F)c3)C2=O)cc1OC. The summed E-state index contributed by atoms with van der Waals surface area (Å²) < 4.78 is 38.2. The van der Waals surface area contributed by atoms with Crippen molar-refractivity contribution in [2.24, 2.45) is 11.8 Å². The molecule has 0 radical (unpaired) electrons. The fourth-order valence-electron chi connectivity index (χ4n) is 4.77. The van der Waals surface area contributed by atoms with Crippen LogP contribution < -0.4 is 14.4 Å². The van der Waals surface area contributed by atoms with Crippen molar-refractivity contribution in [3.8, 4) is 11.5 Å². The number of imide groups is 1. The maximum atomic E-state index is 14.0. The molecule has 0 N–H and O–H groups in total. The largest absolute Gasteiger partial charge is 0.493 e. The summed E-state index contributed by atoms with van der Waals surface area (Å²) in [6, 6.07) is 7.99. The number of rotatable bonds is 5. The normalized spacial score (nSPS) is 21.2. The molecule has 2 aliphatic rings. The Morgan fingerprint density at radius 2 is 1.52 bits per heavy atom. The Bertz CT molecular complexity index is 1140. The van der Waals surface area contributed by atoms with Gasteiger partial charge in [0, 0.05) is 19.2 Å². The van der Waals surface area contributed by atoms with E-state index in [1.165, 1.54) is 20.3 Å². The first-order chi connectivity index (χ1) is 15.7. The number of likely N-dealkylation sites (tertiary alicyclic amines) is 1. The molecule has 0 spiro atoms. The van der Waals surface area contributed by atoms with E-state index in [1.54, 1.807) is 18.2 Å². The summed E-state index contributed by atoms with van der Waals surface area (Å²) in [5, 5.41) is 0. The number of benzene rings is 2. The molecule has 2 aromatic rings. The molecule has 174 valence electrons. The lowest BCUT2D eigenvalue weighted by Gasteiger charge is -2.37. The van der Waals surface area contributed by atoms with E-state index in [4.69, 9.17) is 9.47 Å². The Morgan fingerprint density at radius 1 is 0.848 bits per heavy atom. The molecule has 8 heteroatoms. The lowest BCUT2D eigenvalue weighted by molar-refractivity contribution is -0.120. The van der Waals surface area contributed by atoms with Crippen LogP contribution in [0.4, 0.5) is 14.5 Å². The topological polar surface area (TPSA) is 59.1 Å². The third kappa shape index (κ3) is 4.05. The van der Waals surface area contributed by atoms with Gasteiger partial charge in [0.15, 0.2) is 23.1 Å². The average Bonchev–Trinajstić information content (AvgIpc) is 3.04. The van der Waals surface area contributed by atoms with Gasteiger partial charge in [-0.15, -0.1) is 0 Å². The van der Waals surface area contributed by atoms with Crippen molar-refractivity contribution in [3.05, 3.63) is 59.3 Å². The molecule has 6 nitrogen and oxygen atoms in total. The Labute approximate surface area is 191 Å². The van der Waals surface area contributed by atoms with Gasteiger partial charge in [-0.05, 0) is 48.1 Å². The van der Waals surface area contributed by atoms with E-state index < -0.39 is 23.4 Å². The Balaban J connectivity index is 1.87. The summed E-state index contributed by atoms with van der Waals surface area (Å²) in [5.74, 6) is -1.79. The highest BCUT2D eigenvalue weighted by Gasteiger charge is 2.44. The molecule has 2 unspecified atom stereocenters. The van der Waals surface area contributed by atoms with Gasteiger partial charge in [-0.25, -0.2) is 13.7 Å². The van der Waals surface area contributed by atoms with Crippen LogP contribution in [0.1, 0.15) is 25.8 Å². The van der Waals surface area contributed by atoms with Crippen LogP contribution in [0.3, 0.4) is 0 Å². The van der Waals surface area contributed by atoms with Gasteiger partial charge in [-0.3, -0.25) is 9.59 Å². The van der Waals surface area contributed by atoms with E-state index in [9.17, 15) is 18.4 Å². The molecule has 2 aromatic carbocycles. The molecule has 0 aliphatic carbocycles. The zero-order valence-electron chi connectivity index (χ0n) is 19.0. The molecule has 2 amide bonds. The van der Waals surface area contributed by atoms with E-state index in [1.807, 2.05) is 4.90 Å². The number of hydrogen-bond acceptors (Lipinski definition) is 5. The molecule has 0 bridgehead atoms. The van der Waals surface area contributed by atoms with Gasteiger partial charge >= 0.3 is 0 Å². The molecule has 0 saturated carbocycles. The van der Waals surface area contributed by atoms with Crippen LogP contribution >= 0.6 is 0 Å². The van der Waals surface area contributed by atoms with Gasteiger partial charge in [-0.2, -0.15) is 0 Å². The number of nitrogens with zero attached hydrogens (tertiary/aromatic N) is 2. The number of piperidine rings is 1. The lowest BCUT2D eigenvalue weighted by atomic mass is 9.91. The Hall–Kier alpha value is -3.42. The number of ether oxygens (including phenoxy) is 2. The van der Waals surface area contributed by atoms with Gasteiger partial charge in [0.2, 0.25) is 0 Å². The zero-order chi connectivity index (χ0) is 23.9. The van der Waals surface area contributed by atoms with Crippen LogP contribution in [0.5, 0.6) is 11.5 Å². The lowest BCUT2D eigenvalue weighted by Crippen LogP contribution is -2.42. The van der Waals surface area contributed by atoms with Crippen LogP contribution in [0, 0.1) is 23.5 Å². The predicted octanol–water partition coefficient (Wildman–Crippen LogP) is 4.24. The van der Waals surface area contributed by atoms with Crippen molar-refractivity contribution in [3.63, 3.8) is 0 Å². The molecular formula is C25H26F2N2O4. The standard InChI is InChI=1S/C25H26F2N2O4/c1-14-9-15(2)13-28(12-14)23-22(16-5-8-20(32-3)21(10-16)33-4)24(30)29(25(23)31)17-6-7-18(26)19(27)11-17/h5-8,10-11,14-15H,9,12-13H2,1-4H3. The highest BCUT2D eigenvalue weighted by Crippen LogP contribution is 2.39. The van der Waals surface area contributed by atoms with Gasteiger partial charge in [0.05, 0.1) is 25.5 Å². The monoisotopic (exact) mass is 456 g/mol. The van der Waals surface area contributed by atoms with Crippen molar-refractivity contribution in [1.29, 1.82) is 0 Å². The van der Waals surface area contributed by atoms with E-state index in [-0.39, 0.29) is 17.0 Å². The summed E-state index contributed by atoms with van der Waals surface area (Å²) >= 11 is 0. The Morgan fingerprint density at radius 3 is 2.12 bits per heavy atom. The molecular weight excluding hydrogens is 430 g/mol. The summed E-state index contributed by atoms with van der Waals surface area (Å²) in [6.07, 6.45) is 1.02. The van der Waals surface area contributed by atoms with Crippen molar-refractivity contribution in [2.45, 2.75) is 20.3 Å². The molecule has 2 aliphatic heterocycles. The quantitative estimate of drug-likeness (QED) is 0.630. The van der Waals surface area contributed by atoms with Crippen molar-refractivity contribution >= 4 is 23.1 Å². The summed E-state index contributed by atoms with van der Waals surface area (Å²) in [4.78, 5) is 30.1. The number of halogens is 2. The first kappa shape index (κ1) is 22.8. The average molecular weight is 456 g/mol. The third-order valence-corrected chi connectivity index (χ3v) is 6.08. The highest BCUT2D eigenvalue weighted by molar-refractivity contribution is 6.45. The molecule has 1 fully saturated rings. The van der Waals surface area contributed by atoms with Gasteiger partial charge in [0.1, 0.15) is 5.70 Å². The highest BCUT2D eigenvalue weighted by atomic mass is 19.2. The van der Waals surface area contributed by atoms with Gasteiger partial charge in [-0.1, -0.05) is 19.9 Å². The van der Waals surface area contributed by atoms with Crippen LogP contribution in [0.2, 0.25) is 0 Å². The number of amides is 2. The van der Waals surface area contributed by atoms with Gasteiger partial charge in [0.25, 0.3) is 11.8 Å². The van der Waals surface area contributed by atoms with E-state index >= 15 is 0 Å². The summed E-state index contributed by atoms with van der Waals surface area (Å²) in [7, 11) is 2.99. The Kier molecular flexibility index (Phi) is 6.10. The number of hydrogen-bond donors (Lipinski definition) is 0. The number of anilines is 1. The maximum Gasteiger partial charge on any atom is 0.282 e. The predicted molar refractivity (Wildman–Crippen MR) is 120 cm³/mol. The first-order valence-corrected chi connectivity index (χ1v) is 10.8. The third-order valence-electron chi connectivity index (χ3n) is 6.08. The number of carbonyl (C=O) groups is 2. The zero-order valence-corrected chi connectivity index (χ0v) is 19.0. The smallest absolute Gasteiger partial charge is 0.282 e. The second-order valence-electron chi connectivity index (χ2n) is 8.69. The first-order valence-electron chi connectivity index (χ1n) is 10.8. The van der Waals surface area contributed by atoms with Crippen LogP contribution in [0.15, 0.2) is 42.1 Å². The van der Waals surface area contributed by atoms with Crippen LogP contribution in [-0.2, 0) is 9.59 Å². The van der Waals surface area contributed by atoms with E-state index in [0.717, 1.165) is 23.5 Å². The van der Waals surface area contributed by atoms with Crippen molar-refractivity contribution in [2.75, 3.05) is 32.2 Å². The summed E-state index contributed by atoms with van der Waals surface area (Å²) in [5.41, 5.74) is 0.925. The molecule has 2 atom stereocenters. The van der Waals surface area contributed by atoms with Crippen LogP contribution in [0.25, 0.3) is 5.57 Å². The molecule has 1 saturated heterocycles. The maximum absolute atomic E-state index is 14.0. The van der Waals surface area contributed by atoms with Crippen LogP contribution in [-0.4, -0.2) is 44.0 Å². The molecule has 4 rings (SSSR count). The second-order valence-corrected chi connectivity index (χ2v) is 8.69. The minimum Gasteiger partial charge on any atom is -0.493 e. The van der Waals surface area contributed by atoms with E-state index in [0.29, 0.717) is 42.0 Å². The molecule has 33 heavy (non-hydrogen) atoms. The van der Waals surface area contributed by atoms with Gasteiger partial charge < -0.3 is 14.4 Å². The molecule has 0 aromatic heterocycles. The minimum atomic E-state index is -1.13. The number of carbonyl (C=O) groups excluding carboxylic acids is 2. The van der Waals surface area contributed by atoms with Crippen molar-refractivity contribution in [1.82, 2.24) is 4.90 Å². The fourth-order valence-corrected chi connectivity index (χ4v) is 4.77. The number of methoxy groups -OCH3 is 2. The van der Waals surface area contributed by atoms with Crippen molar-refractivity contribution < 1.29 is 27.8 Å². The minimum absolute atomic E-state index is 0.0185.